The smallest absolute Gasteiger partial charge is 0.325 e. The zero-order chi connectivity index (χ0) is 15.9. The van der Waals surface area contributed by atoms with Gasteiger partial charge in [0, 0.05) is 10.6 Å². The molecule has 0 aliphatic carbocycles. The van der Waals surface area contributed by atoms with Crippen molar-refractivity contribution < 1.29 is 18.4 Å². The number of amides is 3. The summed E-state index contributed by atoms with van der Waals surface area (Å²) in [4.78, 5) is 25.6. The van der Waals surface area contributed by atoms with Crippen LogP contribution in [0.25, 0.3) is 0 Å². The fraction of sp³-hybridized carbons (Fsp3) is 0.200. The molecule has 3 amide bonds. The number of carbonyl (C=O) groups is 2. The first-order chi connectivity index (χ1) is 10.4. The van der Waals surface area contributed by atoms with Gasteiger partial charge in [-0.25, -0.2) is 9.18 Å². The topological polar surface area (TPSA) is 62.6 Å². The van der Waals surface area contributed by atoms with E-state index >= 15 is 0 Å². The van der Waals surface area contributed by atoms with Crippen molar-refractivity contribution in [3.8, 4) is 0 Å². The van der Waals surface area contributed by atoms with E-state index in [2.05, 4.69) is 5.32 Å². The fourth-order valence-electron chi connectivity index (χ4n) is 2.41. The van der Waals surface area contributed by atoms with Crippen LogP contribution >= 0.6 is 11.6 Å². The van der Waals surface area contributed by atoms with Gasteiger partial charge in [-0.15, -0.1) is 0 Å². The van der Waals surface area contributed by atoms with Crippen molar-refractivity contribution in [1.82, 2.24) is 10.2 Å². The normalized spacial score (nSPS) is 21.3. The number of urea groups is 1. The first-order valence-corrected chi connectivity index (χ1v) is 6.92. The third-order valence-electron chi connectivity index (χ3n) is 3.67. The van der Waals surface area contributed by atoms with Crippen LogP contribution in [-0.4, -0.2) is 16.8 Å². The number of nitrogens with zero attached hydrogens (tertiary/aromatic N) is 1. The molecule has 3 rings (SSSR count). The predicted molar refractivity (Wildman–Crippen MR) is 76.6 cm³/mol. The van der Waals surface area contributed by atoms with Gasteiger partial charge in [0.2, 0.25) is 0 Å². The van der Waals surface area contributed by atoms with Crippen LogP contribution in [0.4, 0.5) is 9.18 Å². The molecular formula is C15H12ClFN2O3. The van der Waals surface area contributed by atoms with Gasteiger partial charge >= 0.3 is 6.03 Å². The number of nitrogens with one attached hydrogen (secondary N) is 1. The monoisotopic (exact) mass is 322 g/mol. The lowest BCUT2D eigenvalue weighted by molar-refractivity contribution is -0.132. The van der Waals surface area contributed by atoms with E-state index in [-0.39, 0.29) is 17.1 Å². The fourth-order valence-corrected chi connectivity index (χ4v) is 2.63. The lowest BCUT2D eigenvalue weighted by atomic mass is 9.99. The minimum Gasteiger partial charge on any atom is -0.466 e. The van der Waals surface area contributed by atoms with Crippen molar-refractivity contribution in [2.24, 2.45) is 0 Å². The van der Waals surface area contributed by atoms with Crippen LogP contribution in [0.3, 0.4) is 0 Å². The molecule has 114 valence electrons. The van der Waals surface area contributed by atoms with E-state index in [1.165, 1.54) is 31.4 Å². The second-order valence-corrected chi connectivity index (χ2v) is 5.53. The molecule has 1 aliphatic heterocycles. The van der Waals surface area contributed by atoms with E-state index in [9.17, 15) is 14.0 Å². The second kappa shape index (κ2) is 5.14. The molecule has 5 nitrogen and oxygen atoms in total. The van der Waals surface area contributed by atoms with Crippen LogP contribution < -0.4 is 5.32 Å². The summed E-state index contributed by atoms with van der Waals surface area (Å²) in [5, 5.41) is 2.73. The summed E-state index contributed by atoms with van der Waals surface area (Å²) in [6, 6.07) is 6.78. The summed E-state index contributed by atoms with van der Waals surface area (Å²) in [5.41, 5.74) is -1.21. The summed E-state index contributed by atoms with van der Waals surface area (Å²) in [6.07, 6.45) is 1.41. The largest absolute Gasteiger partial charge is 0.466 e. The molecule has 1 aliphatic rings. The standard InChI is InChI=1S/C15H12ClFN2O3/c1-15(12-6-3-7-22-12)13(20)19(14(21)18-15)8-9-10(16)4-2-5-11(9)17/h2-7H,8H2,1H3,(H,18,21)/t15-/m0/s1. The van der Waals surface area contributed by atoms with Gasteiger partial charge in [-0.1, -0.05) is 17.7 Å². The van der Waals surface area contributed by atoms with Crippen molar-refractivity contribution in [3.05, 3.63) is 58.8 Å². The summed E-state index contributed by atoms with van der Waals surface area (Å²) in [5.74, 6) is -0.778. The van der Waals surface area contributed by atoms with Gasteiger partial charge in [0.1, 0.15) is 11.6 Å². The zero-order valence-corrected chi connectivity index (χ0v) is 12.4. The lowest BCUT2D eigenvalue weighted by Gasteiger charge is -2.19. The summed E-state index contributed by atoms with van der Waals surface area (Å²) < 4.78 is 19.1. The predicted octanol–water partition coefficient (Wildman–Crippen LogP) is 3.04. The minimum atomic E-state index is -1.31. The molecule has 0 bridgehead atoms. The molecule has 1 fully saturated rings. The Balaban J connectivity index is 1.93. The number of halogens is 2. The highest BCUT2D eigenvalue weighted by molar-refractivity contribution is 6.31. The first kappa shape index (κ1) is 14.6. The highest BCUT2D eigenvalue weighted by atomic mass is 35.5. The van der Waals surface area contributed by atoms with Crippen molar-refractivity contribution in [3.63, 3.8) is 0 Å². The summed E-state index contributed by atoms with van der Waals surface area (Å²) >= 11 is 5.95. The number of benzene rings is 1. The van der Waals surface area contributed by atoms with Crippen LogP contribution in [0.1, 0.15) is 18.2 Å². The van der Waals surface area contributed by atoms with E-state index in [4.69, 9.17) is 16.0 Å². The van der Waals surface area contributed by atoms with Gasteiger partial charge in [-0.2, -0.15) is 0 Å². The molecule has 0 saturated carbocycles. The Morgan fingerprint density at radius 2 is 2.09 bits per heavy atom. The molecule has 0 radical (unpaired) electrons. The molecule has 1 atom stereocenters. The maximum absolute atomic E-state index is 13.9. The first-order valence-electron chi connectivity index (χ1n) is 6.54. The van der Waals surface area contributed by atoms with E-state index < -0.39 is 23.3 Å². The molecule has 1 N–H and O–H groups in total. The third kappa shape index (κ3) is 2.16. The number of carbonyl (C=O) groups excluding carboxylic acids is 2. The Kier molecular flexibility index (Phi) is 3.41. The Morgan fingerprint density at radius 3 is 2.73 bits per heavy atom. The Labute approximate surface area is 130 Å². The number of hydrogen-bond donors (Lipinski definition) is 1. The Bertz CT molecular complexity index is 727. The van der Waals surface area contributed by atoms with E-state index in [1.807, 2.05) is 0 Å². The van der Waals surface area contributed by atoms with Crippen molar-refractivity contribution in [2.45, 2.75) is 19.0 Å². The van der Waals surface area contributed by atoms with E-state index in [1.54, 1.807) is 12.1 Å². The van der Waals surface area contributed by atoms with Gasteiger partial charge in [0.25, 0.3) is 5.91 Å². The van der Waals surface area contributed by atoms with Crippen LogP contribution in [0.5, 0.6) is 0 Å². The Morgan fingerprint density at radius 1 is 1.32 bits per heavy atom. The van der Waals surface area contributed by atoms with Crippen LogP contribution in [0.15, 0.2) is 41.0 Å². The minimum absolute atomic E-state index is 0.0939. The molecule has 1 aromatic heterocycles. The van der Waals surface area contributed by atoms with Crippen LogP contribution in [-0.2, 0) is 16.9 Å². The van der Waals surface area contributed by atoms with Gasteiger partial charge in [-0.05, 0) is 31.2 Å². The number of imide groups is 1. The average molecular weight is 323 g/mol. The molecule has 2 heterocycles. The van der Waals surface area contributed by atoms with Crippen molar-refractivity contribution in [1.29, 1.82) is 0 Å². The number of furan rings is 1. The SMILES string of the molecule is C[C@@]1(c2ccco2)NC(=O)N(Cc2c(F)cccc2Cl)C1=O. The van der Waals surface area contributed by atoms with E-state index in [0.717, 1.165) is 4.90 Å². The van der Waals surface area contributed by atoms with Crippen molar-refractivity contribution >= 4 is 23.5 Å². The van der Waals surface area contributed by atoms with Gasteiger partial charge in [-0.3, -0.25) is 9.69 Å². The van der Waals surface area contributed by atoms with Gasteiger partial charge in [0.05, 0.1) is 12.8 Å². The quantitative estimate of drug-likeness (QED) is 0.883. The maximum atomic E-state index is 13.9. The molecular weight excluding hydrogens is 311 g/mol. The molecule has 22 heavy (non-hydrogen) atoms. The average Bonchev–Trinajstić information content (AvgIpc) is 3.06. The molecule has 1 saturated heterocycles. The highest BCUT2D eigenvalue weighted by Gasteiger charge is 2.51. The molecule has 2 aromatic rings. The second-order valence-electron chi connectivity index (χ2n) is 5.12. The third-order valence-corrected chi connectivity index (χ3v) is 4.02. The summed E-state index contributed by atoms with van der Waals surface area (Å²) in [7, 11) is 0. The Hall–Kier alpha value is -2.34. The van der Waals surface area contributed by atoms with Gasteiger partial charge in [0.15, 0.2) is 5.54 Å². The van der Waals surface area contributed by atoms with E-state index in [0.29, 0.717) is 5.76 Å². The summed E-state index contributed by atoms with van der Waals surface area (Å²) in [6.45, 7) is 1.29. The van der Waals surface area contributed by atoms with Gasteiger partial charge < -0.3 is 9.73 Å². The molecule has 0 spiro atoms. The maximum Gasteiger partial charge on any atom is 0.325 e. The highest BCUT2D eigenvalue weighted by Crippen LogP contribution is 2.31. The van der Waals surface area contributed by atoms with Crippen LogP contribution in [0, 0.1) is 5.82 Å². The molecule has 1 aromatic carbocycles. The molecule has 0 unspecified atom stereocenters. The lowest BCUT2D eigenvalue weighted by Crippen LogP contribution is -2.40. The zero-order valence-electron chi connectivity index (χ0n) is 11.6. The molecule has 7 heteroatoms. The van der Waals surface area contributed by atoms with Crippen molar-refractivity contribution in [2.75, 3.05) is 0 Å². The number of rotatable bonds is 3. The van der Waals surface area contributed by atoms with Crippen LogP contribution in [0.2, 0.25) is 5.02 Å². The number of hydrogen-bond acceptors (Lipinski definition) is 3.